The lowest BCUT2D eigenvalue weighted by molar-refractivity contribution is -0.775. The maximum absolute atomic E-state index is 13.2. The number of oxime groups is 1. The Hall–Kier alpha value is -4.41. The second-order valence-corrected chi connectivity index (χ2v) is 12.7. The second-order valence-electron chi connectivity index (χ2n) is 10.8. The first kappa shape index (κ1) is 34.5. The summed E-state index contributed by atoms with van der Waals surface area (Å²) < 4.78 is 45.0. The summed E-state index contributed by atoms with van der Waals surface area (Å²) in [4.78, 5) is 46.9. The molecule has 0 radical (unpaired) electrons. The molecule has 3 aromatic rings. The van der Waals surface area contributed by atoms with E-state index in [9.17, 15) is 27.9 Å². The van der Waals surface area contributed by atoms with Gasteiger partial charge in [-0.3, -0.25) is 14.1 Å². The number of nitrogens with zero attached hydrogens (tertiary/aromatic N) is 5. The van der Waals surface area contributed by atoms with Gasteiger partial charge >= 0.3 is 16.4 Å². The van der Waals surface area contributed by atoms with Crippen LogP contribution in [0.25, 0.3) is 10.9 Å². The van der Waals surface area contributed by atoms with Crippen molar-refractivity contribution in [2.75, 3.05) is 25.4 Å². The average molecular weight is 685 g/mol. The van der Waals surface area contributed by atoms with Crippen molar-refractivity contribution >= 4 is 61.3 Å². The smallest absolute Gasteiger partial charge is 0.418 e. The summed E-state index contributed by atoms with van der Waals surface area (Å²) in [7, 11) is -3.14. The van der Waals surface area contributed by atoms with Gasteiger partial charge in [-0.15, -0.1) is 20.3 Å². The fourth-order valence-corrected chi connectivity index (χ4v) is 5.55. The monoisotopic (exact) mass is 684 g/mol. The first-order valence-corrected chi connectivity index (χ1v) is 15.8. The minimum Gasteiger partial charge on any atom is -0.489 e. The third-order valence-electron chi connectivity index (χ3n) is 7.18. The highest BCUT2D eigenvalue weighted by atomic mass is 32.3. The quantitative estimate of drug-likeness (QED) is 0.0336. The van der Waals surface area contributed by atoms with Gasteiger partial charge in [0.05, 0.1) is 18.0 Å². The van der Waals surface area contributed by atoms with Crippen molar-refractivity contribution < 1.29 is 51.0 Å². The molecular weight excluding hydrogens is 650 g/mol. The number of carboxylic acids is 1. The third kappa shape index (κ3) is 7.51. The van der Waals surface area contributed by atoms with Crippen molar-refractivity contribution in [3.63, 3.8) is 0 Å². The zero-order valence-corrected chi connectivity index (χ0v) is 26.5. The van der Waals surface area contributed by atoms with Crippen LogP contribution in [0.15, 0.2) is 34.9 Å². The number of aliphatic carboxylic acids is 1. The molecule has 0 bridgehead atoms. The van der Waals surface area contributed by atoms with Gasteiger partial charge in [-0.25, -0.2) is 9.78 Å². The number of hydrogen-bond acceptors (Lipinski definition) is 14. The van der Waals surface area contributed by atoms with Crippen LogP contribution in [0, 0.1) is 5.92 Å². The molecule has 1 fully saturated rings. The van der Waals surface area contributed by atoms with E-state index in [1.54, 1.807) is 18.2 Å². The Bertz CT molecular complexity index is 1770. The van der Waals surface area contributed by atoms with Gasteiger partial charge in [-0.1, -0.05) is 5.16 Å². The first-order chi connectivity index (χ1) is 21.5. The second kappa shape index (κ2) is 13.5. The molecular formula is C25H34N9O10S2+. The number of carboxylic acid groups (broad SMARTS) is 1. The van der Waals surface area contributed by atoms with Crippen molar-refractivity contribution in [1.82, 2.24) is 20.0 Å². The summed E-state index contributed by atoms with van der Waals surface area (Å²) in [6.07, 6.45) is 0.202. The fraction of sp³-hybridized carbons (Fsp3) is 0.440. The number of carbonyl (C=O) groups is 3. The van der Waals surface area contributed by atoms with Crippen molar-refractivity contribution in [3.8, 4) is 5.75 Å². The third-order valence-corrected chi connectivity index (χ3v) is 8.19. The van der Waals surface area contributed by atoms with Gasteiger partial charge in [0.25, 0.3) is 17.9 Å². The predicted molar refractivity (Wildman–Crippen MR) is 161 cm³/mol. The molecule has 0 spiro atoms. The Morgan fingerprint density at radius 1 is 1.28 bits per heavy atom. The van der Waals surface area contributed by atoms with Gasteiger partial charge in [-0.05, 0) is 32.0 Å². The summed E-state index contributed by atoms with van der Waals surface area (Å²) in [5.74, 6) is -3.05. The normalized spacial score (nSPS) is 17.2. The first-order valence-electron chi connectivity index (χ1n) is 13.6. The van der Waals surface area contributed by atoms with E-state index in [-0.39, 0.29) is 16.7 Å². The van der Waals surface area contributed by atoms with Crippen LogP contribution in [0.1, 0.15) is 19.5 Å². The number of ether oxygens (including phenoxy) is 1. The van der Waals surface area contributed by atoms with Crippen LogP contribution in [0.2, 0.25) is 0 Å². The Morgan fingerprint density at radius 2 is 1.98 bits per heavy atom. The van der Waals surface area contributed by atoms with Crippen molar-refractivity contribution in [1.29, 1.82) is 0 Å². The lowest BCUT2D eigenvalue weighted by Crippen LogP contribution is -2.76. The van der Waals surface area contributed by atoms with Crippen LogP contribution in [0.3, 0.4) is 0 Å². The largest absolute Gasteiger partial charge is 0.489 e. The maximum Gasteiger partial charge on any atom is 0.418 e. The molecule has 3 heterocycles. The summed E-state index contributed by atoms with van der Waals surface area (Å²) in [5.41, 5.74) is 16.1. The van der Waals surface area contributed by atoms with E-state index >= 15 is 0 Å². The molecule has 250 valence electrons. The van der Waals surface area contributed by atoms with E-state index in [2.05, 4.69) is 19.7 Å². The molecule has 1 unspecified atom stereocenters. The molecule has 1 aromatic carbocycles. The minimum atomic E-state index is -5.02. The Morgan fingerprint density at radius 3 is 2.54 bits per heavy atom. The van der Waals surface area contributed by atoms with Gasteiger partial charge in [0, 0.05) is 24.4 Å². The van der Waals surface area contributed by atoms with E-state index in [0.29, 0.717) is 30.4 Å². The fourth-order valence-electron chi connectivity index (χ4n) is 4.55. The van der Waals surface area contributed by atoms with Crippen LogP contribution in [0.4, 0.5) is 5.13 Å². The van der Waals surface area contributed by atoms with Gasteiger partial charge in [0.1, 0.15) is 29.6 Å². The highest BCUT2D eigenvalue weighted by molar-refractivity contribution is 7.80. The number of β-lactam (4-membered cyclic amide) rings is 1. The maximum atomic E-state index is 13.2. The van der Waals surface area contributed by atoms with Crippen LogP contribution in [-0.4, -0.2) is 93.7 Å². The number of amides is 2. The zero-order chi connectivity index (χ0) is 34.0. The molecule has 2 amide bonds. The summed E-state index contributed by atoms with van der Waals surface area (Å²) in [6.45, 7) is 3.67. The van der Waals surface area contributed by atoms with Crippen LogP contribution in [-0.2, 0) is 47.5 Å². The summed E-state index contributed by atoms with van der Waals surface area (Å²) >= 11 is 0.957. The van der Waals surface area contributed by atoms with E-state index in [0.717, 1.165) is 22.2 Å². The molecule has 0 aliphatic carbocycles. The number of anilines is 1. The molecule has 4 rings (SSSR count). The summed E-state index contributed by atoms with van der Waals surface area (Å²) in [5, 5.41) is 18.5. The Labute approximate surface area is 266 Å². The van der Waals surface area contributed by atoms with Gasteiger partial charge in [-0.2, -0.15) is 18.2 Å². The van der Waals surface area contributed by atoms with Gasteiger partial charge in [0.2, 0.25) is 6.20 Å². The number of hydroxylamine groups is 2. The zero-order valence-electron chi connectivity index (χ0n) is 24.9. The van der Waals surface area contributed by atoms with Crippen molar-refractivity contribution in [2.24, 2.45) is 29.6 Å². The Kier molecular flexibility index (Phi) is 10.1. The lowest BCUT2D eigenvalue weighted by Gasteiger charge is -2.50. The molecule has 2 atom stereocenters. The topological polar surface area (TPSA) is 281 Å². The van der Waals surface area contributed by atoms with Crippen LogP contribution in [0.5, 0.6) is 5.75 Å². The highest BCUT2D eigenvalue weighted by Crippen LogP contribution is 2.33. The molecule has 1 saturated heterocycles. The van der Waals surface area contributed by atoms with E-state index in [1.165, 1.54) is 19.2 Å². The van der Waals surface area contributed by atoms with Gasteiger partial charge < -0.3 is 37.2 Å². The number of fused-ring (bicyclic) bond motifs is 1. The molecule has 9 N–H and O–H groups in total. The molecule has 46 heavy (non-hydrogen) atoms. The van der Waals surface area contributed by atoms with E-state index in [4.69, 9.17) is 31.3 Å². The number of aromatic nitrogens is 3. The lowest BCUT2D eigenvalue weighted by atomic mass is 9.84. The van der Waals surface area contributed by atoms with Crippen molar-refractivity contribution in [3.05, 3.63) is 35.5 Å². The summed E-state index contributed by atoms with van der Waals surface area (Å²) in [6, 6.07) is 3.85. The Balaban J connectivity index is 1.49. The number of nitrogen functional groups attached to an aromatic ring is 1. The van der Waals surface area contributed by atoms with Gasteiger partial charge in [0.15, 0.2) is 17.4 Å². The van der Waals surface area contributed by atoms with Crippen molar-refractivity contribution in [2.45, 2.75) is 38.1 Å². The molecule has 21 heteroatoms. The molecule has 2 aromatic heterocycles. The number of carbonyl (C=O) groups excluding carboxylic acids is 2. The van der Waals surface area contributed by atoms with Crippen LogP contribution < -0.4 is 31.9 Å². The standard InChI is InChI=1S/C25H33N9O10S2/c1-25(2)20(22(36)34(25)44-46(39,40)41)30-21(35)19(16-12-45-24(28)29-16)31-43-18(23(37)38)11-42-15-4-5-17-14(6-15)10-33(32(17)3)9-13(7-26)8-27/h4-6,10,12-13,18,20H,7-9,11,26-27H2,1-3H3,(H4-,28,29,30,35,37,38,39,40,41)/p+1/b31-19-/t18?,20-/m1/s1. The van der Waals surface area contributed by atoms with E-state index in [1.807, 2.05) is 22.6 Å². The molecule has 1 aliphatic rings. The average Bonchev–Trinajstić information content (AvgIpc) is 3.55. The minimum absolute atomic E-state index is 0.0561. The number of thiazole rings is 1. The predicted octanol–water partition coefficient (Wildman–Crippen LogP) is -1.87. The number of nitrogens with two attached hydrogens (primary N) is 3. The molecule has 1 aliphatic heterocycles. The SMILES string of the molecule is Cn1c2ccc(OCC(O/N=C(\C(=O)N[C@@H]3C(=O)N(OS(=O)(=O)O)C3(C)C)c3csc(N)n3)C(=O)O)cc2c[n+]1CC(CN)CN. The number of benzene rings is 1. The van der Waals surface area contributed by atoms with Crippen LogP contribution >= 0.6 is 11.3 Å². The number of rotatable bonds is 15. The number of hydrogen-bond donors (Lipinski definition) is 6. The highest BCUT2D eigenvalue weighted by Gasteiger charge is 2.58. The molecule has 19 nitrogen and oxygen atoms in total. The van der Waals surface area contributed by atoms with E-state index < -0.39 is 58.2 Å². The number of aryl methyl sites for hydroxylation is 1. The number of nitrogens with one attached hydrogen (secondary N) is 1. The molecule has 0 saturated carbocycles.